The van der Waals surface area contributed by atoms with Gasteiger partial charge >= 0.3 is 0 Å². The van der Waals surface area contributed by atoms with Gasteiger partial charge in [0.05, 0.1) is 4.92 Å². The summed E-state index contributed by atoms with van der Waals surface area (Å²) in [7, 11) is 0. The number of non-ortho nitro benzene ring substituents is 1. The molecule has 0 spiro atoms. The third-order valence-corrected chi connectivity index (χ3v) is 5.11. The fraction of sp³-hybridized carbons (Fsp3) is 0.381. The Hall–Kier alpha value is -2.44. The number of halogens is 1. The Morgan fingerprint density at radius 2 is 1.82 bits per heavy atom. The number of benzene rings is 2. The SMILES string of the molecule is Cl.O=C(NCCC1CCN(Cc2ccccc2)CC1)c1cccc([N+](=O)[O-])c1. The Balaban J connectivity index is 0.00000280. The lowest BCUT2D eigenvalue weighted by atomic mass is 9.93. The fourth-order valence-corrected chi connectivity index (χ4v) is 3.53. The number of nitro benzene ring substituents is 1. The number of carbonyl (C=O) groups excluding carboxylic acids is 1. The number of rotatable bonds is 7. The van der Waals surface area contributed by atoms with E-state index in [0.717, 1.165) is 38.9 Å². The van der Waals surface area contributed by atoms with E-state index in [1.165, 1.54) is 23.8 Å². The van der Waals surface area contributed by atoms with Crippen molar-refractivity contribution >= 4 is 24.0 Å². The minimum atomic E-state index is -0.486. The summed E-state index contributed by atoms with van der Waals surface area (Å²) in [6, 6.07) is 16.4. The van der Waals surface area contributed by atoms with Crippen molar-refractivity contribution in [3.8, 4) is 0 Å². The lowest BCUT2D eigenvalue weighted by Crippen LogP contribution is -2.34. The first-order valence-electron chi connectivity index (χ1n) is 9.41. The van der Waals surface area contributed by atoms with E-state index in [1.807, 2.05) is 6.07 Å². The van der Waals surface area contributed by atoms with Gasteiger partial charge in [0.1, 0.15) is 0 Å². The maximum absolute atomic E-state index is 12.2. The van der Waals surface area contributed by atoms with Gasteiger partial charge in [0, 0.05) is 30.8 Å². The molecule has 1 aliphatic heterocycles. The maximum atomic E-state index is 12.2. The number of nitrogens with one attached hydrogen (secondary N) is 1. The maximum Gasteiger partial charge on any atom is 0.270 e. The topological polar surface area (TPSA) is 75.5 Å². The van der Waals surface area contributed by atoms with Crippen molar-refractivity contribution in [2.75, 3.05) is 19.6 Å². The molecule has 2 aromatic carbocycles. The quantitative estimate of drug-likeness (QED) is 0.559. The highest BCUT2D eigenvalue weighted by Gasteiger charge is 2.19. The van der Waals surface area contributed by atoms with Crippen molar-refractivity contribution in [2.24, 2.45) is 5.92 Å². The van der Waals surface area contributed by atoms with Crippen LogP contribution in [-0.4, -0.2) is 35.4 Å². The molecule has 1 heterocycles. The van der Waals surface area contributed by atoms with E-state index in [-0.39, 0.29) is 24.0 Å². The molecule has 6 nitrogen and oxygen atoms in total. The van der Waals surface area contributed by atoms with Crippen molar-refractivity contribution in [2.45, 2.75) is 25.8 Å². The summed E-state index contributed by atoms with van der Waals surface area (Å²) in [5.74, 6) is 0.364. The summed E-state index contributed by atoms with van der Waals surface area (Å²) in [5, 5.41) is 13.7. The van der Waals surface area contributed by atoms with E-state index in [1.54, 1.807) is 6.07 Å². The van der Waals surface area contributed by atoms with Crippen LogP contribution in [0.25, 0.3) is 0 Å². The molecular formula is C21H26ClN3O3. The lowest BCUT2D eigenvalue weighted by molar-refractivity contribution is -0.384. The number of nitro groups is 1. The first-order chi connectivity index (χ1) is 13.1. The van der Waals surface area contributed by atoms with Gasteiger partial charge < -0.3 is 5.32 Å². The van der Waals surface area contributed by atoms with Crippen LogP contribution in [-0.2, 0) is 6.54 Å². The van der Waals surface area contributed by atoms with Crippen molar-refractivity contribution < 1.29 is 9.72 Å². The van der Waals surface area contributed by atoms with Crippen LogP contribution in [0.5, 0.6) is 0 Å². The van der Waals surface area contributed by atoms with Gasteiger partial charge in [-0.2, -0.15) is 0 Å². The molecule has 1 saturated heterocycles. The zero-order valence-electron chi connectivity index (χ0n) is 15.8. The summed E-state index contributed by atoms with van der Waals surface area (Å²) in [5.41, 5.74) is 1.62. The van der Waals surface area contributed by atoms with Gasteiger partial charge in [-0.1, -0.05) is 36.4 Å². The van der Waals surface area contributed by atoms with Gasteiger partial charge in [-0.05, 0) is 49.9 Å². The summed E-state index contributed by atoms with van der Waals surface area (Å²) in [6.45, 7) is 3.76. The largest absolute Gasteiger partial charge is 0.352 e. The van der Waals surface area contributed by atoms with E-state index in [2.05, 4.69) is 34.5 Å². The second kappa shape index (κ2) is 10.8. The van der Waals surface area contributed by atoms with Crippen LogP contribution < -0.4 is 5.32 Å². The van der Waals surface area contributed by atoms with Crippen molar-refractivity contribution in [3.63, 3.8) is 0 Å². The number of likely N-dealkylation sites (tertiary alicyclic amines) is 1. The molecular weight excluding hydrogens is 378 g/mol. The summed E-state index contributed by atoms with van der Waals surface area (Å²) < 4.78 is 0. The van der Waals surface area contributed by atoms with E-state index in [9.17, 15) is 14.9 Å². The third kappa shape index (κ3) is 6.32. The molecule has 0 aromatic heterocycles. The summed E-state index contributed by atoms with van der Waals surface area (Å²) in [6.07, 6.45) is 3.22. The molecule has 1 fully saturated rings. The standard InChI is InChI=1S/C21H25N3O3.ClH/c25-21(19-7-4-8-20(15-19)24(26)27)22-12-9-17-10-13-23(14-11-17)16-18-5-2-1-3-6-18;/h1-8,15,17H,9-14,16H2,(H,22,25);1H. The van der Waals surface area contributed by atoms with Gasteiger partial charge in [0.15, 0.2) is 0 Å². The van der Waals surface area contributed by atoms with Crippen molar-refractivity contribution in [1.29, 1.82) is 0 Å². The molecule has 3 rings (SSSR count). The minimum Gasteiger partial charge on any atom is -0.352 e. The molecule has 1 aliphatic rings. The zero-order valence-corrected chi connectivity index (χ0v) is 16.6. The molecule has 7 heteroatoms. The van der Waals surface area contributed by atoms with Gasteiger partial charge in [-0.15, -0.1) is 12.4 Å². The highest BCUT2D eigenvalue weighted by Crippen LogP contribution is 2.21. The Labute approximate surface area is 171 Å². The van der Waals surface area contributed by atoms with Gasteiger partial charge in [-0.25, -0.2) is 0 Å². The Morgan fingerprint density at radius 1 is 1.11 bits per heavy atom. The molecule has 0 saturated carbocycles. The van der Waals surface area contributed by atoms with Crippen molar-refractivity contribution in [3.05, 3.63) is 75.8 Å². The van der Waals surface area contributed by atoms with Crippen LogP contribution in [0, 0.1) is 16.0 Å². The molecule has 0 atom stereocenters. The van der Waals surface area contributed by atoms with Crippen LogP contribution in [0.2, 0.25) is 0 Å². The van der Waals surface area contributed by atoms with Gasteiger partial charge in [0.25, 0.3) is 11.6 Å². The smallest absolute Gasteiger partial charge is 0.270 e. The minimum absolute atomic E-state index is 0. The van der Waals surface area contributed by atoms with Gasteiger partial charge in [-0.3, -0.25) is 19.8 Å². The van der Waals surface area contributed by atoms with Gasteiger partial charge in [0.2, 0.25) is 0 Å². The van der Waals surface area contributed by atoms with E-state index < -0.39 is 4.92 Å². The number of amides is 1. The first kappa shape index (κ1) is 21.9. The Morgan fingerprint density at radius 3 is 2.50 bits per heavy atom. The second-order valence-corrected chi connectivity index (χ2v) is 7.06. The fourth-order valence-electron chi connectivity index (χ4n) is 3.53. The number of hydrogen-bond acceptors (Lipinski definition) is 4. The van der Waals surface area contributed by atoms with Crippen LogP contribution in [0.4, 0.5) is 5.69 Å². The molecule has 2 aromatic rings. The lowest BCUT2D eigenvalue weighted by Gasteiger charge is -2.32. The Kier molecular flexibility index (Phi) is 8.42. The van der Waals surface area contributed by atoms with Crippen molar-refractivity contribution in [1.82, 2.24) is 10.2 Å². The second-order valence-electron chi connectivity index (χ2n) is 7.06. The molecule has 1 amide bonds. The monoisotopic (exact) mass is 403 g/mol. The number of piperidine rings is 1. The molecule has 0 unspecified atom stereocenters. The van der Waals surface area contributed by atoms with Crippen LogP contribution in [0.1, 0.15) is 35.2 Å². The third-order valence-electron chi connectivity index (χ3n) is 5.11. The molecule has 0 radical (unpaired) electrons. The molecule has 150 valence electrons. The van der Waals surface area contributed by atoms with Crippen LogP contribution in [0.3, 0.4) is 0 Å². The molecule has 28 heavy (non-hydrogen) atoms. The highest BCUT2D eigenvalue weighted by molar-refractivity contribution is 5.94. The van der Waals surface area contributed by atoms with E-state index >= 15 is 0 Å². The predicted octanol–water partition coefficient (Wildman–Crippen LogP) is 4.05. The number of carbonyl (C=O) groups is 1. The molecule has 0 bridgehead atoms. The zero-order chi connectivity index (χ0) is 19.1. The average Bonchev–Trinajstić information content (AvgIpc) is 2.70. The number of nitrogens with zero attached hydrogens (tertiary/aromatic N) is 2. The first-order valence-corrected chi connectivity index (χ1v) is 9.41. The molecule has 1 N–H and O–H groups in total. The Bertz CT molecular complexity index is 777. The summed E-state index contributed by atoms with van der Waals surface area (Å²) >= 11 is 0. The molecule has 0 aliphatic carbocycles. The highest BCUT2D eigenvalue weighted by atomic mass is 35.5. The van der Waals surface area contributed by atoms with E-state index in [4.69, 9.17) is 0 Å². The number of hydrogen-bond donors (Lipinski definition) is 1. The van der Waals surface area contributed by atoms with E-state index in [0.29, 0.717) is 18.0 Å². The normalized spacial score (nSPS) is 14.9. The summed E-state index contributed by atoms with van der Waals surface area (Å²) in [4.78, 5) is 25.0. The average molecular weight is 404 g/mol. The predicted molar refractivity (Wildman–Crippen MR) is 112 cm³/mol. The van der Waals surface area contributed by atoms with Crippen LogP contribution in [0.15, 0.2) is 54.6 Å². The van der Waals surface area contributed by atoms with Crippen LogP contribution >= 0.6 is 12.4 Å².